The summed E-state index contributed by atoms with van der Waals surface area (Å²) in [7, 11) is 0. The highest BCUT2D eigenvalue weighted by Gasteiger charge is 2.42. The number of non-ortho nitro benzene ring substituents is 1. The molecule has 1 unspecified atom stereocenters. The SMILES string of the molecule is CC1(C)CC(=O)C2=C(C1)Nc1nc(-c3ccc([N+](=O)[O-])cc3)nn1C2c1cccc(Cl)c1Cl. The third-order valence-electron chi connectivity index (χ3n) is 5.94. The lowest BCUT2D eigenvalue weighted by molar-refractivity contribution is -0.384. The zero-order valence-corrected chi connectivity index (χ0v) is 19.3. The third kappa shape index (κ3) is 3.69. The van der Waals surface area contributed by atoms with E-state index in [9.17, 15) is 14.9 Å². The molecule has 168 valence electrons. The van der Waals surface area contributed by atoms with Crippen LogP contribution in [-0.2, 0) is 4.79 Å². The van der Waals surface area contributed by atoms with Crippen LogP contribution < -0.4 is 5.32 Å². The van der Waals surface area contributed by atoms with Gasteiger partial charge in [0.1, 0.15) is 6.04 Å². The Morgan fingerprint density at radius 3 is 2.58 bits per heavy atom. The second-order valence-electron chi connectivity index (χ2n) is 9.01. The molecule has 0 spiro atoms. The lowest BCUT2D eigenvalue weighted by atomic mass is 9.73. The molecule has 2 aromatic carbocycles. The highest BCUT2D eigenvalue weighted by Crippen LogP contribution is 2.47. The second-order valence-corrected chi connectivity index (χ2v) is 9.80. The number of carbonyl (C=O) groups is 1. The molecule has 1 aliphatic carbocycles. The first-order valence-corrected chi connectivity index (χ1v) is 11.1. The Morgan fingerprint density at radius 2 is 1.88 bits per heavy atom. The number of fused-ring (bicyclic) bond motifs is 1. The Morgan fingerprint density at radius 1 is 1.15 bits per heavy atom. The number of nitro groups is 1. The average molecular weight is 484 g/mol. The van der Waals surface area contributed by atoms with E-state index in [1.165, 1.54) is 12.1 Å². The fourth-order valence-electron chi connectivity index (χ4n) is 4.48. The number of halogens is 2. The van der Waals surface area contributed by atoms with E-state index >= 15 is 0 Å². The maximum atomic E-state index is 13.3. The number of nitro benzene ring substituents is 1. The standard InChI is InChI=1S/C23H19Cl2N5O3/c1-23(2)10-16-18(17(31)11-23)20(14-4-3-5-15(24)19(14)25)29-22(26-16)27-21(28-29)12-6-8-13(9-7-12)30(32)33/h3-9,20H,10-11H2,1-2H3,(H,26,27,28). The highest BCUT2D eigenvalue weighted by atomic mass is 35.5. The topological polar surface area (TPSA) is 103 Å². The molecule has 8 nitrogen and oxygen atoms in total. The molecule has 0 fully saturated rings. The summed E-state index contributed by atoms with van der Waals surface area (Å²) in [6, 6.07) is 10.7. The van der Waals surface area contributed by atoms with Gasteiger partial charge in [0.2, 0.25) is 5.95 Å². The van der Waals surface area contributed by atoms with Crippen molar-refractivity contribution in [1.82, 2.24) is 14.8 Å². The van der Waals surface area contributed by atoms with E-state index in [2.05, 4.69) is 29.2 Å². The van der Waals surface area contributed by atoms with Crippen molar-refractivity contribution in [3.05, 3.63) is 79.5 Å². The minimum atomic E-state index is -0.592. The maximum Gasteiger partial charge on any atom is 0.269 e. The van der Waals surface area contributed by atoms with Gasteiger partial charge in [0.05, 0.1) is 15.0 Å². The van der Waals surface area contributed by atoms with Crippen LogP contribution in [0.5, 0.6) is 0 Å². The van der Waals surface area contributed by atoms with Gasteiger partial charge in [-0.2, -0.15) is 4.98 Å². The normalized spacial score (nSPS) is 19.0. The first-order chi connectivity index (χ1) is 15.6. The van der Waals surface area contributed by atoms with Gasteiger partial charge in [0, 0.05) is 41.0 Å². The number of rotatable bonds is 3. The Kier molecular flexibility index (Phi) is 5.02. The molecule has 33 heavy (non-hydrogen) atoms. The van der Waals surface area contributed by atoms with Crippen molar-refractivity contribution in [2.45, 2.75) is 32.7 Å². The predicted octanol–water partition coefficient (Wildman–Crippen LogP) is 5.82. The largest absolute Gasteiger partial charge is 0.328 e. The molecular weight excluding hydrogens is 465 g/mol. The van der Waals surface area contributed by atoms with Crippen LogP contribution in [0.1, 0.15) is 38.3 Å². The molecule has 0 saturated heterocycles. The number of carbonyl (C=O) groups excluding carboxylic acids is 1. The van der Waals surface area contributed by atoms with E-state index in [0.717, 1.165) is 5.70 Å². The van der Waals surface area contributed by atoms with E-state index in [4.69, 9.17) is 23.2 Å². The molecule has 0 bridgehead atoms. The highest BCUT2D eigenvalue weighted by molar-refractivity contribution is 6.42. The molecule has 1 atom stereocenters. The van der Waals surface area contributed by atoms with Crippen LogP contribution in [-0.4, -0.2) is 25.5 Å². The molecule has 10 heteroatoms. The number of Topliss-reactive ketones (excluding diaryl/α,β-unsaturated/α-hetero) is 1. The van der Waals surface area contributed by atoms with Gasteiger partial charge in [0.15, 0.2) is 11.6 Å². The van der Waals surface area contributed by atoms with E-state index in [1.54, 1.807) is 28.9 Å². The number of benzene rings is 2. The minimum absolute atomic E-state index is 0.0191. The Balaban J connectivity index is 1.67. The minimum Gasteiger partial charge on any atom is -0.328 e. The van der Waals surface area contributed by atoms with Crippen molar-refractivity contribution in [1.29, 1.82) is 0 Å². The number of ketones is 1. The number of nitrogens with one attached hydrogen (secondary N) is 1. The molecule has 2 heterocycles. The monoisotopic (exact) mass is 483 g/mol. The van der Waals surface area contributed by atoms with Gasteiger partial charge in [-0.25, -0.2) is 4.68 Å². The number of hydrogen-bond acceptors (Lipinski definition) is 6. The van der Waals surface area contributed by atoms with Crippen LogP contribution in [0.4, 0.5) is 11.6 Å². The number of aromatic nitrogens is 3. The average Bonchev–Trinajstić information content (AvgIpc) is 3.17. The molecule has 2 aliphatic rings. The summed E-state index contributed by atoms with van der Waals surface area (Å²) < 4.78 is 1.64. The van der Waals surface area contributed by atoms with E-state index in [-0.39, 0.29) is 16.9 Å². The van der Waals surface area contributed by atoms with Crippen molar-refractivity contribution < 1.29 is 9.72 Å². The van der Waals surface area contributed by atoms with Crippen molar-refractivity contribution in [2.75, 3.05) is 5.32 Å². The van der Waals surface area contributed by atoms with Gasteiger partial charge in [-0.05, 0) is 30.0 Å². The molecule has 0 amide bonds. The summed E-state index contributed by atoms with van der Waals surface area (Å²) in [4.78, 5) is 28.5. The quantitative estimate of drug-likeness (QED) is 0.371. The smallest absolute Gasteiger partial charge is 0.269 e. The lowest BCUT2D eigenvalue weighted by Gasteiger charge is -2.38. The van der Waals surface area contributed by atoms with Crippen LogP contribution in [0.25, 0.3) is 11.4 Å². The van der Waals surface area contributed by atoms with Gasteiger partial charge >= 0.3 is 0 Å². The Bertz CT molecular complexity index is 1340. The fourth-order valence-corrected chi connectivity index (χ4v) is 4.89. The summed E-state index contributed by atoms with van der Waals surface area (Å²) in [5.74, 6) is 0.864. The van der Waals surface area contributed by atoms with Gasteiger partial charge in [-0.15, -0.1) is 5.10 Å². The van der Waals surface area contributed by atoms with Crippen molar-refractivity contribution >= 4 is 40.6 Å². The first kappa shape index (κ1) is 21.6. The Hall–Kier alpha value is -3.23. The van der Waals surface area contributed by atoms with E-state index < -0.39 is 11.0 Å². The number of hydrogen-bond donors (Lipinski definition) is 1. The maximum absolute atomic E-state index is 13.3. The van der Waals surface area contributed by atoms with E-state index in [1.807, 2.05) is 6.07 Å². The van der Waals surface area contributed by atoms with E-state index in [0.29, 0.717) is 51.4 Å². The number of nitrogens with zero attached hydrogens (tertiary/aromatic N) is 4. The van der Waals surface area contributed by atoms with Crippen molar-refractivity contribution in [2.24, 2.45) is 5.41 Å². The second kappa shape index (κ2) is 7.67. The lowest BCUT2D eigenvalue weighted by Crippen LogP contribution is -2.36. The van der Waals surface area contributed by atoms with Gasteiger partial charge in [-0.3, -0.25) is 14.9 Å². The van der Waals surface area contributed by atoms with Crippen molar-refractivity contribution in [3.63, 3.8) is 0 Å². The molecular formula is C23H19Cl2N5O3. The molecule has 0 radical (unpaired) electrons. The summed E-state index contributed by atoms with van der Waals surface area (Å²) in [5, 5.41) is 19.7. The number of anilines is 1. The van der Waals surface area contributed by atoms with Gasteiger partial charge in [0.25, 0.3) is 5.69 Å². The number of allylic oxidation sites excluding steroid dienone is 2. The van der Waals surface area contributed by atoms with Gasteiger partial charge < -0.3 is 5.32 Å². The van der Waals surface area contributed by atoms with Gasteiger partial charge in [-0.1, -0.05) is 49.2 Å². The Labute approximate surface area is 199 Å². The summed E-state index contributed by atoms with van der Waals surface area (Å²) in [6.45, 7) is 4.11. The molecule has 0 saturated carbocycles. The summed E-state index contributed by atoms with van der Waals surface area (Å²) in [6.07, 6.45) is 1.07. The molecule has 3 aromatic rings. The molecule has 1 aliphatic heterocycles. The molecule has 1 aromatic heterocycles. The van der Waals surface area contributed by atoms with Crippen LogP contribution >= 0.6 is 23.2 Å². The van der Waals surface area contributed by atoms with Crippen molar-refractivity contribution in [3.8, 4) is 11.4 Å². The zero-order chi connectivity index (χ0) is 23.5. The first-order valence-electron chi connectivity index (χ1n) is 10.3. The van der Waals surface area contributed by atoms with Crippen LogP contribution in [0.15, 0.2) is 53.7 Å². The fraction of sp³-hybridized carbons (Fsp3) is 0.261. The predicted molar refractivity (Wildman–Crippen MR) is 125 cm³/mol. The third-order valence-corrected chi connectivity index (χ3v) is 6.78. The molecule has 5 rings (SSSR count). The zero-order valence-electron chi connectivity index (χ0n) is 17.8. The van der Waals surface area contributed by atoms with Crippen LogP contribution in [0.2, 0.25) is 10.0 Å². The summed E-state index contributed by atoms with van der Waals surface area (Å²) in [5.41, 5.74) is 2.46. The van der Waals surface area contributed by atoms with Crippen LogP contribution in [0, 0.1) is 15.5 Å². The molecule has 1 N–H and O–H groups in total. The summed E-state index contributed by atoms with van der Waals surface area (Å²) >= 11 is 12.9. The van der Waals surface area contributed by atoms with Crippen LogP contribution in [0.3, 0.4) is 0 Å².